The smallest absolute Gasteiger partial charge is 0.162 e. The molecule has 1 aliphatic rings. The number of nitrogens with one attached hydrogen (secondary N) is 1. The van der Waals surface area contributed by atoms with E-state index in [2.05, 4.69) is 20.7 Å². The maximum absolute atomic E-state index is 6.15. The van der Waals surface area contributed by atoms with Crippen molar-refractivity contribution >= 4 is 23.2 Å². The van der Waals surface area contributed by atoms with Gasteiger partial charge in [0.15, 0.2) is 6.33 Å². The van der Waals surface area contributed by atoms with Crippen molar-refractivity contribution in [3.05, 3.63) is 40.1 Å². The van der Waals surface area contributed by atoms with E-state index < -0.39 is 0 Å². The molecule has 0 spiro atoms. The SMILES string of the molecule is Clc1ccc([C@H](C2CCNCC2)n2ncnn2)cc1Cl. The quantitative estimate of drug-likeness (QED) is 0.946. The van der Waals surface area contributed by atoms with Crippen LogP contribution in [0.4, 0.5) is 0 Å². The summed E-state index contributed by atoms with van der Waals surface area (Å²) in [5, 5.41) is 16.6. The van der Waals surface area contributed by atoms with Gasteiger partial charge in [0.05, 0.1) is 10.0 Å². The Kier molecular flexibility index (Phi) is 4.19. The number of hydrogen-bond donors (Lipinski definition) is 1. The van der Waals surface area contributed by atoms with Crippen LogP contribution >= 0.6 is 23.2 Å². The van der Waals surface area contributed by atoms with E-state index in [0.717, 1.165) is 31.5 Å². The zero-order valence-electron chi connectivity index (χ0n) is 10.8. The number of halogens is 2. The first-order valence-corrected chi connectivity index (χ1v) is 7.39. The van der Waals surface area contributed by atoms with Crippen LogP contribution in [0.2, 0.25) is 10.0 Å². The second kappa shape index (κ2) is 6.08. The molecule has 5 nitrogen and oxygen atoms in total. The molecule has 7 heteroatoms. The molecule has 20 heavy (non-hydrogen) atoms. The Balaban J connectivity index is 1.98. The molecule has 1 fully saturated rings. The van der Waals surface area contributed by atoms with Crippen LogP contribution in [0.1, 0.15) is 24.4 Å². The summed E-state index contributed by atoms with van der Waals surface area (Å²) < 4.78 is 0. The van der Waals surface area contributed by atoms with Gasteiger partial charge in [-0.2, -0.15) is 4.80 Å². The fourth-order valence-corrected chi connectivity index (χ4v) is 3.06. The predicted molar refractivity (Wildman–Crippen MR) is 78.0 cm³/mol. The molecule has 106 valence electrons. The highest BCUT2D eigenvalue weighted by Crippen LogP contribution is 2.34. The van der Waals surface area contributed by atoms with E-state index in [1.165, 1.54) is 6.33 Å². The van der Waals surface area contributed by atoms with Gasteiger partial charge in [0, 0.05) is 0 Å². The molecule has 0 aliphatic carbocycles. The van der Waals surface area contributed by atoms with Crippen molar-refractivity contribution in [2.75, 3.05) is 13.1 Å². The highest BCUT2D eigenvalue weighted by Gasteiger charge is 2.28. The lowest BCUT2D eigenvalue weighted by molar-refractivity contribution is 0.257. The Morgan fingerprint density at radius 1 is 1.20 bits per heavy atom. The monoisotopic (exact) mass is 311 g/mol. The number of rotatable bonds is 3. The van der Waals surface area contributed by atoms with Crippen molar-refractivity contribution in [1.82, 2.24) is 25.5 Å². The fourth-order valence-electron chi connectivity index (χ4n) is 2.75. The Bertz CT molecular complexity index is 566. The third kappa shape index (κ3) is 2.80. The third-order valence-electron chi connectivity index (χ3n) is 3.73. The summed E-state index contributed by atoms with van der Waals surface area (Å²) in [4.78, 5) is 1.68. The summed E-state index contributed by atoms with van der Waals surface area (Å²) in [6.07, 6.45) is 3.62. The topological polar surface area (TPSA) is 55.6 Å². The summed E-state index contributed by atoms with van der Waals surface area (Å²) in [6, 6.07) is 5.77. The van der Waals surface area contributed by atoms with Crippen LogP contribution in [-0.2, 0) is 0 Å². The molecule has 1 aliphatic heterocycles. The molecular formula is C13H15Cl2N5. The minimum atomic E-state index is 0.0503. The number of nitrogens with zero attached hydrogens (tertiary/aromatic N) is 4. The van der Waals surface area contributed by atoms with Gasteiger partial charge in [-0.15, -0.1) is 10.2 Å². The lowest BCUT2D eigenvalue weighted by Gasteiger charge is -2.30. The lowest BCUT2D eigenvalue weighted by atomic mass is 9.86. The van der Waals surface area contributed by atoms with Gasteiger partial charge in [-0.05, 0) is 54.8 Å². The number of hydrogen-bond acceptors (Lipinski definition) is 4. The van der Waals surface area contributed by atoms with Crippen LogP contribution in [0.5, 0.6) is 0 Å². The maximum atomic E-state index is 6.15. The molecule has 1 atom stereocenters. The molecule has 3 rings (SSSR count). The lowest BCUT2D eigenvalue weighted by Crippen LogP contribution is -2.34. The number of benzene rings is 1. The van der Waals surface area contributed by atoms with E-state index in [9.17, 15) is 0 Å². The zero-order chi connectivity index (χ0) is 13.9. The zero-order valence-corrected chi connectivity index (χ0v) is 12.3. The highest BCUT2D eigenvalue weighted by atomic mass is 35.5. The summed E-state index contributed by atoms with van der Waals surface area (Å²) in [6.45, 7) is 2.02. The van der Waals surface area contributed by atoms with Crippen LogP contribution in [-0.4, -0.2) is 33.3 Å². The highest BCUT2D eigenvalue weighted by molar-refractivity contribution is 6.42. The van der Waals surface area contributed by atoms with Gasteiger partial charge in [-0.1, -0.05) is 29.3 Å². The first kappa shape index (κ1) is 13.8. The molecule has 1 aromatic carbocycles. The molecule has 0 saturated carbocycles. The second-order valence-electron chi connectivity index (χ2n) is 4.96. The molecule has 0 unspecified atom stereocenters. The Morgan fingerprint density at radius 2 is 2.00 bits per heavy atom. The van der Waals surface area contributed by atoms with Crippen molar-refractivity contribution in [1.29, 1.82) is 0 Å². The summed E-state index contributed by atoms with van der Waals surface area (Å²) in [7, 11) is 0. The minimum Gasteiger partial charge on any atom is -0.317 e. The first-order valence-electron chi connectivity index (χ1n) is 6.64. The molecule has 0 radical (unpaired) electrons. The Hall–Kier alpha value is -1.17. The Morgan fingerprint density at radius 3 is 2.65 bits per heavy atom. The van der Waals surface area contributed by atoms with Crippen molar-refractivity contribution in [2.45, 2.75) is 18.9 Å². The van der Waals surface area contributed by atoms with Crippen molar-refractivity contribution in [3.63, 3.8) is 0 Å². The van der Waals surface area contributed by atoms with Gasteiger partial charge in [0.1, 0.15) is 6.04 Å². The predicted octanol–water partition coefficient (Wildman–Crippen LogP) is 2.57. The molecule has 1 aromatic heterocycles. The summed E-state index contributed by atoms with van der Waals surface area (Å²) in [5.41, 5.74) is 1.07. The van der Waals surface area contributed by atoms with Gasteiger partial charge in [-0.3, -0.25) is 0 Å². The van der Waals surface area contributed by atoms with E-state index >= 15 is 0 Å². The van der Waals surface area contributed by atoms with E-state index in [1.807, 2.05) is 18.2 Å². The van der Waals surface area contributed by atoms with E-state index in [4.69, 9.17) is 23.2 Å². The van der Waals surface area contributed by atoms with Gasteiger partial charge in [0.2, 0.25) is 0 Å². The molecule has 0 amide bonds. The fraction of sp³-hybridized carbons (Fsp3) is 0.462. The van der Waals surface area contributed by atoms with Crippen molar-refractivity contribution in [3.8, 4) is 0 Å². The molecule has 2 heterocycles. The molecular weight excluding hydrogens is 297 g/mol. The number of tetrazole rings is 1. The van der Waals surface area contributed by atoms with Gasteiger partial charge in [0.25, 0.3) is 0 Å². The van der Waals surface area contributed by atoms with E-state index in [0.29, 0.717) is 16.0 Å². The maximum Gasteiger partial charge on any atom is 0.162 e. The third-order valence-corrected chi connectivity index (χ3v) is 4.47. The molecule has 1 saturated heterocycles. The number of aromatic nitrogens is 4. The average molecular weight is 312 g/mol. The summed E-state index contributed by atoms with van der Waals surface area (Å²) in [5.74, 6) is 0.461. The van der Waals surface area contributed by atoms with Crippen molar-refractivity contribution in [2.24, 2.45) is 5.92 Å². The van der Waals surface area contributed by atoms with Crippen LogP contribution in [0.3, 0.4) is 0 Å². The van der Waals surface area contributed by atoms with E-state index in [-0.39, 0.29) is 6.04 Å². The van der Waals surface area contributed by atoms with E-state index in [1.54, 1.807) is 4.80 Å². The number of piperidine rings is 1. The summed E-state index contributed by atoms with van der Waals surface area (Å²) >= 11 is 12.2. The second-order valence-corrected chi connectivity index (χ2v) is 5.78. The Labute approximate surface area is 127 Å². The normalized spacial score (nSPS) is 18.1. The molecule has 1 N–H and O–H groups in total. The van der Waals surface area contributed by atoms with Crippen molar-refractivity contribution < 1.29 is 0 Å². The van der Waals surface area contributed by atoms with Crippen LogP contribution < -0.4 is 5.32 Å². The van der Waals surface area contributed by atoms with Crippen LogP contribution in [0, 0.1) is 5.92 Å². The molecule has 0 bridgehead atoms. The minimum absolute atomic E-state index is 0.0503. The van der Waals surface area contributed by atoms with Gasteiger partial charge < -0.3 is 5.32 Å². The molecule has 2 aromatic rings. The largest absolute Gasteiger partial charge is 0.317 e. The van der Waals surface area contributed by atoms with Crippen LogP contribution in [0.15, 0.2) is 24.5 Å². The van der Waals surface area contributed by atoms with Gasteiger partial charge >= 0.3 is 0 Å². The van der Waals surface area contributed by atoms with Crippen LogP contribution in [0.25, 0.3) is 0 Å². The van der Waals surface area contributed by atoms with Gasteiger partial charge in [-0.25, -0.2) is 0 Å². The standard InChI is InChI=1S/C13H15Cl2N5/c14-11-2-1-10(7-12(11)15)13(20-18-8-17-19-20)9-3-5-16-6-4-9/h1-2,7-9,13,16H,3-6H2/t13-/m0/s1. The first-order chi connectivity index (χ1) is 9.75. The average Bonchev–Trinajstić information content (AvgIpc) is 2.98.